The molecule has 1 aromatic carbocycles. The van der Waals surface area contributed by atoms with Crippen molar-refractivity contribution in [1.82, 2.24) is 24.9 Å². The smallest absolute Gasteiger partial charge is 0.278 e. The molecule has 0 atom stereocenters. The summed E-state index contributed by atoms with van der Waals surface area (Å²) in [5.74, 6) is 0.961. The van der Waals surface area contributed by atoms with Crippen LogP contribution in [-0.2, 0) is 13.0 Å². The molecule has 0 aliphatic carbocycles. The highest BCUT2D eigenvalue weighted by Gasteiger charge is 2.15. The molecule has 0 aliphatic heterocycles. The predicted octanol–water partition coefficient (Wildman–Crippen LogP) is 4.57. The quantitative estimate of drug-likeness (QED) is 0.475. The Balaban J connectivity index is 1.57. The highest BCUT2D eigenvalue weighted by atomic mass is 35.5. The zero-order valence-electron chi connectivity index (χ0n) is 15.1. The van der Waals surface area contributed by atoms with Crippen LogP contribution in [0.1, 0.15) is 23.7 Å². The van der Waals surface area contributed by atoms with Crippen LogP contribution in [0, 0.1) is 6.92 Å². The molecule has 3 heterocycles. The van der Waals surface area contributed by atoms with Crippen LogP contribution in [0.4, 0.5) is 0 Å². The van der Waals surface area contributed by atoms with Gasteiger partial charge in [0.1, 0.15) is 5.15 Å². The normalized spacial score (nSPS) is 11.1. The van der Waals surface area contributed by atoms with Crippen molar-refractivity contribution < 1.29 is 4.52 Å². The van der Waals surface area contributed by atoms with Gasteiger partial charge in [0.15, 0.2) is 5.69 Å². The van der Waals surface area contributed by atoms with Gasteiger partial charge in [0.25, 0.3) is 5.89 Å². The summed E-state index contributed by atoms with van der Waals surface area (Å²) in [7, 11) is 0. The molecular formula is C20H18ClN5O. The molecule has 136 valence electrons. The third-order valence-electron chi connectivity index (χ3n) is 4.37. The molecule has 0 bridgehead atoms. The third kappa shape index (κ3) is 3.75. The Morgan fingerprint density at radius 1 is 1.07 bits per heavy atom. The van der Waals surface area contributed by atoms with Gasteiger partial charge in [-0.2, -0.15) is 10.1 Å². The first-order valence-electron chi connectivity index (χ1n) is 8.70. The minimum atomic E-state index is 0.403. The molecule has 0 unspecified atom stereocenters. The van der Waals surface area contributed by atoms with Crippen molar-refractivity contribution in [2.75, 3.05) is 0 Å². The Kier molecular flexibility index (Phi) is 4.73. The van der Waals surface area contributed by atoms with E-state index in [0.717, 1.165) is 23.2 Å². The lowest BCUT2D eigenvalue weighted by Crippen LogP contribution is -2.04. The molecule has 0 amide bonds. The van der Waals surface area contributed by atoms with Crippen LogP contribution < -0.4 is 0 Å². The van der Waals surface area contributed by atoms with Gasteiger partial charge in [0.2, 0.25) is 5.82 Å². The van der Waals surface area contributed by atoms with Crippen molar-refractivity contribution in [1.29, 1.82) is 0 Å². The van der Waals surface area contributed by atoms with E-state index in [1.54, 1.807) is 12.3 Å². The molecule has 7 heteroatoms. The van der Waals surface area contributed by atoms with Crippen molar-refractivity contribution in [2.24, 2.45) is 0 Å². The Bertz CT molecular complexity index is 1050. The van der Waals surface area contributed by atoms with E-state index < -0.39 is 0 Å². The number of rotatable bonds is 5. The molecule has 4 rings (SSSR count). The molecule has 0 aliphatic rings. The highest BCUT2D eigenvalue weighted by molar-refractivity contribution is 6.29. The van der Waals surface area contributed by atoms with E-state index in [1.807, 2.05) is 35.9 Å². The first-order valence-corrected chi connectivity index (χ1v) is 9.08. The van der Waals surface area contributed by atoms with Gasteiger partial charge < -0.3 is 4.52 Å². The van der Waals surface area contributed by atoms with Gasteiger partial charge in [-0.05, 0) is 36.6 Å². The zero-order valence-corrected chi connectivity index (χ0v) is 15.8. The zero-order chi connectivity index (χ0) is 18.8. The average Bonchev–Trinajstić information content (AvgIpc) is 3.31. The van der Waals surface area contributed by atoms with Crippen LogP contribution in [0.3, 0.4) is 0 Å². The summed E-state index contributed by atoms with van der Waals surface area (Å²) in [4.78, 5) is 8.60. The van der Waals surface area contributed by atoms with E-state index in [2.05, 4.69) is 39.3 Å². The standard InChI is InChI=1S/C20H18ClN5O/c1-3-14-4-7-16(8-5-14)19-23-20(27-25-19)17-10-13(2)26(24-17)12-15-6-9-18(21)22-11-15/h4-11H,3,12H2,1-2H3. The molecule has 0 radical (unpaired) electrons. The van der Waals surface area contributed by atoms with Gasteiger partial charge in [-0.25, -0.2) is 4.98 Å². The van der Waals surface area contributed by atoms with Crippen molar-refractivity contribution in [3.63, 3.8) is 0 Å². The van der Waals surface area contributed by atoms with Crippen LogP contribution in [0.5, 0.6) is 0 Å². The lowest BCUT2D eigenvalue weighted by Gasteiger charge is -2.03. The maximum absolute atomic E-state index is 5.84. The van der Waals surface area contributed by atoms with Crippen molar-refractivity contribution in [3.05, 3.63) is 70.6 Å². The number of benzene rings is 1. The maximum atomic E-state index is 5.84. The Labute approximate surface area is 161 Å². The van der Waals surface area contributed by atoms with Crippen LogP contribution in [0.2, 0.25) is 5.15 Å². The summed E-state index contributed by atoms with van der Waals surface area (Å²) in [5.41, 5.74) is 4.85. The van der Waals surface area contributed by atoms with E-state index >= 15 is 0 Å². The number of hydrogen-bond donors (Lipinski definition) is 0. The first-order chi connectivity index (χ1) is 13.1. The lowest BCUT2D eigenvalue weighted by molar-refractivity contribution is 0.430. The van der Waals surface area contributed by atoms with E-state index in [1.165, 1.54) is 5.56 Å². The molecule has 27 heavy (non-hydrogen) atoms. The average molecular weight is 380 g/mol. The third-order valence-corrected chi connectivity index (χ3v) is 4.59. The predicted molar refractivity (Wildman–Crippen MR) is 103 cm³/mol. The largest absolute Gasteiger partial charge is 0.332 e. The molecule has 6 nitrogen and oxygen atoms in total. The summed E-state index contributed by atoms with van der Waals surface area (Å²) in [5, 5.41) is 9.16. The second-order valence-corrected chi connectivity index (χ2v) is 6.68. The van der Waals surface area contributed by atoms with Gasteiger partial charge in [0, 0.05) is 17.5 Å². The monoisotopic (exact) mass is 379 g/mol. The molecule has 3 aromatic heterocycles. The molecule has 0 fully saturated rings. The fourth-order valence-corrected chi connectivity index (χ4v) is 2.89. The number of halogens is 1. The molecular weight excluding hydrogens is 362 g/mol. The topological polar surface area (TPSA) is 69.6 Å². The van der Waals surface area contributed by atoms with E-state index in [0.29, 0.717) is 29.1 Å². The van der Waals surface area contributed by atoms with Crippen LogP contribution in [0.25, 0.3) is 23.0 Å². The lowest BCUT2D eigenvalue weighted by atomic mass is 10.1. The number of nitrogens with zero attached hydrogens (tertiary/aromatic N) is 5. The van der Waals surface area contributed by atoms with Crippen LogP contribution >= 0.6 is 11.6 Å². The minimum absolute atomic E-state index is 0.403. The van der Waals surface area contributed by atoms with Crippen molar-refractivity contribution in [3.8, 4) is 23.0 Å². The van der Waals surface area contributed by atoms with Crippen molar-refractivity contribution >= 4 is 11.6 Å². The van der Waals surface area contributed by atoms with Crippen molar-refractivity contribution in [2.45, 2.75) is 26.8 Å². The number of hydrogen-bond acceptors (Lipinski definition) is 5. The summed E-state index contributed by atoms with van der Waals surface area (Å²) in [6.45, 7) is 4.70. The summed E-state index contributed by atoms with van der Waals surface area (Å²) in [6.07, 6.45) is 2.74. The number of aromatic nitrogens is 5. The van der Waals surface area contributed by atoms with Gasteiger partial charge in [-0.1, -0.05) is 54.0 Å². The summed E-state index contributed by atoms with van der Waals surface area (Å²) >= 11 is 5.84. The molecule has 0 spiro atoms. The molecule has 0 saturated carbocycles. The van der Waals surface area contributed by atoms with Gasteiger partial charge in [-0.3, -0.25) is 4.68 Å². The van der Waals surface area contributed by atoms with Crippen LogP contribution in [-0.4, -0.2) is 24.9 Å². The van der Waals surface area contributed by atoms with Gasteiger partial charge in [0.05, 0.1) is 6.54 Å². The number of pyridine rings is 1. The molecule has 0 N–H and O–H groups in total. The Morgan fingerprint density at radius 3 is 2.56 bits per heavy atom. The fraction of sp³-hybridized carbons (Fsp3) is 0.200. The number of aryl methyl sites for hydroxylation is 2. The maximum Gasteiger partial charge on any atom is 0.278 e. The van der Waals surface area contributed by atoms with E-state index in [4.69, 9.17) is 16.1 Å². The minimum Gasteiger partial charge on any atom is -0.332 e. The fourth-order valence-electron chi connectivity index (χ4n) is 2.78. The second-order valence-electron chi connectivity index (χ2n) is 6.29. The SMILES string of the molecule is CCc1ccc(-c2noc(-c3cc(C)n(Cc4ccc(Cl)nc4)n3)n2)cc1. The van der Waals surface area contributed by atoms with Crippen LogP contribution in [0.15, 0.2) is 53.2 Å². The molecule has 0 saturated heterocycles. The Hall–Kier alpha value is -2.99. The van der Waals surface area contributed by atoms with Gasteiger partial charge >= 0.3 is 0 Å². The van der Waals surface area contributed by atoms with E-state index in [9.17, 15) is 0 Å². The summed E-state index contributed by atoms with van der Waals surface area (Å²) in [6, 6.07) is 13.8. The van der Waals surface area contributed by atoms with E-state index in [-0.39, 0.29) is 0 Å². The van der Waals surface area contributed by atoms with Gasteiger partial charge in [-0.15, -0.1) is 0 Å². The second kappa shape index (κ2) is 7.32. The highest BCUT2D eigenvalue weighted by Crippen LogP contribution is 2.23. The summed E-state index contributed by atoms with van der Waals surface area (Å²) < 4.78 is 7.30. The first kappa shape index (κ1) is 17.4. The molecule has 4 aromatic rings. The Morgan fingerprint density at radius 2 is 1.85 bits per heavy atom.